The first-order valence-electron chi connectivity index (χ1n) is 7.31. The van der Waals surface area contributed by atoms with Gasteiger partial charge in [-0.25, -0.2) is 8.42 Å². The third-order valence-electron chi connectivity index (χ3n) is 3.33. The summed E-state index contributed by atoms with van der Waals surface area (Å²) in [7, 11) is -3.40. The van der Waals surface area contributed by atoms with Crippen LogP contribution in [0.3, 0.4) is 0 Å². The maximum atomic E-state index is 12.2. The molecule has 0 saturated carbocycles. The molecule has 1 atom stereocenters. The third kappa shape index (κ3) is 5.87. The Bertz CT molecular complexity index is 579. The van der Waals surface area contributed by atoms with Gasteiger partial charge in [-0.2, -0.15) is 0 Å². The number of amides is 1. The average molecular weight is 311 g/mol. The number of sulfone groups is 1. The molecule has 1 N–H and O–H groups in total. The Morgan fingerprint density at radius 3 is 2.33 bits per heavy atom. The summed E-state index contributed by atoms with van der Waals surface area (Å²) in [5, 5.41) is 2.88. The monoisotopic (exact) mass is 311 g/mol. The molecular weight excluding hydrogens is 286 g/mol. The van der Waals surface area contributed by atoms with E-state index in [0.717, 1.165) is 25.5 Å². The molecule has 0 aliphatic rings. The molecule has 1 aromatic rings. The van der Waals surface area contributed by atoms with Gasteiger partial charge in [0.15, 0.2) is 9.84 Å². The predicted molar refractivity (Wildman–Crippen MR) is 85.2 cm³/mol. The summed E-state index contributed by atoms with van der Waals surface area (Å²) in [4.78, 5) is 12.3. The van der Waals surface area contributed by atoms with Crippen molar-refractivity contribution in [3.05, 3.63) is 29.8 Å². The molecule has 0 aliphatic carbocycles. The SMILES string of the molecule is CC(C)CCCC(C)NC(=O)c1ccccc1S(C)(=O)=O. The molecule has 0 bridgehead atoms. The summed E-state index contributed by atoms with van der Waals surface area (Å²) in [5.74, 6) is 0.326. The lowest BCUT2D eigenvalue weighted by Gasteiger charge is -2.15. The zero-order valence-corrected chi connectivity index (χ0v) is 14.0. The molecule has 118 valence electrons. The Morgan fingerprint density at radius 2 is 1.76 bits per heavy atom. The van der Waals surface area contributed by atoms with E-state index in [0.29, 0.717) is 5.92 Å². The number of hydrogen-bond acceptors (Lipinski definition) is 3. The predicted octanol–water partition coefficient (Wildman–Crippen LogP) is 3.03. The molecule has 0 aromatic heterocycles. The Kier molecular flexibility index (Phi) is 6.40. The van der Waals surface area contributed by atoms with E-state index in [1.807, 2.05) is 6.92 Å². The fourth-order valence-corrected chi connectivity index (χ4v) is 3.07. The Balaban J connectivity index is 2.72. The molecule has 21 heavy (non-hydrogen) atoms. The van der Waals surface area contributed by atoms with Crippen molar-refractivity contribution in [1.29, 1.82) is 0 Å². The van der Waals surface area contributed by atoms with Crippen LogP contribution < -0.4 is 5.32 Å². The standard InChI is InChI=1S/C16H25NO3S/c1-12(2)8-7-9-13(3)17-16(18)14-10-5-6-11-15(14)21(4,19)20/h5-6,10-13H,7-9H2,1-4H3,(H,17,18). The van der Waals surface area contributed by atoms with Crippen LogP contribution in [-0.2, 0) is 9.84 Å². The lowest BCUT2D eigenvalue weighted by atomic mass is 10.0. The van der Waals surface area contributed by atoms with Gasteiger partial charge in [0.25, 0.3) is 5.91 Å². The summed E-state index contributed by atoms with van der Waals surface area (Å²) < 4.78 is 23.4. The minimum atomic E-state index is -3.40. The minimum absolute atomic E-state index is 0.0314. The molecule has 0 spiro atoms. The van der Waals surface area contributed by atoms with Crippen LogP contribution in [0.4, 0.5) is 0 Å². The number of benzene rings is 1. The van der Waals surface area contributed by atoms with E-state index in [4.69, 9.17) is 0 Å². The molecule has 4 nitrogen and oxygen atoms in total. The van der Waals surface area contributed by atoms with E-state index >= 15 is 0 Å². The van der Waals surface area contributed by atoms with Gasteiger partial charge in [0, 0.05) is 12.3 Å². The third-order valence-corrected chi connectivity index (χ3v) is 4.48. The van der Waals surface area contributed by atoms with Crippen LogP contribution in [0.5, 0.6) is 0 Å². The van der Waals surface area contributed by atoms with Gasteiger partial charge in [0.1, 0.15) is 0 Å². The lowest BCUT2D eigenvalue weighted by molar-refractivity contribution is 0.0934. The number of nitrogens with one attached hydrogen (secondary N) is 1. The van der Waals surface area contributed by atoms with Crippen LogP contribution in [-0.4, -0.2) is 26.6 Å². The highest BCUT2D eigenvalue weighted by Gasteiger charge is 2.19. The highest BCUT2D eigenvalue weighted by atomic mass is 32.2. The number of hydrogen-bond donors (Lipinski definition) is 1. The zero-order valence-electron chi connectivity index (χ0n) is 13.2. The molecule has 0 fully saturated rings. The van der Waals surface area contributed by atoms with E-state index in [9.17, 15) is 13.2 Å². The van der Waals surface area contributed by atoms with Crippen molar-refractivity contribution in [3.8, 4) is 0 Å². The van der Waals surface area contributed by atoms with Crippen molar-refractivity contribution in [2.24, 2.45) is 5.92 Å². The lowest BCUT2D eigenvalue weighted by Crippen LogP contribution is -2.33. The molecule has 0 heterocycles. The van der Waals surface area contributed by atoms with Gasteiger partial charge in [-0.3, -0.25) is 4.79 Å². The maximum Gasteiger partial charge on any atom is 0.252 e. The zero-order chi connectivity index (χ0) is 16.0. The second-order valence-electron chi connectivity index (χ2n) is 5.97. The average Bonchev–Trinajstić information content (AvgIpc) is 2.37. The molecule has 0 radical (unpaired) electrons. The first-order chi connectivity index (χ1) is 9.71. The number of carbonyl (C=O) groups is 1. The number of carbonyl (C=O) groups excluding carboxylic acids is 1. The summed E-state index contributed by atoms with van der Waals surface area (Å²) in [6.45, 7) is 6.29. The Hall–Kier alpha value is -1.36. The van der Waals surface area contributed by atoms with Crippen molar-refractivity contribution >= 4 is 15.7 Å². The summed E-state index contributed by atoms with van der Waals surface area (Å²) in [6, 6.07) is 6.34. The van der Waals surface area contributed by atoms with Crippen LogP contribution in [0.2, 0.25) is 0 Å². The van der Waals surface area contributed by atoms with Crippen molar-refractivity contribution in [2.45, 2.75) is 51.0 Å². The van der Waals surface area contributed by atoms with Crippen molar-refractivity contribution in [2.75, 3.05) is 6.26 Å². The summed E-state index contributed by atoms with van der Waals surface area (Å²) in [5.41, 5.74) is 0.218. The van der Waals surface area contributed by atoms with E-state index in [2.05, 4.69) is 19.2 Å². The van der Waals surface area contributed by atoms with E-state index in [-0.39, 0.29) is 22.4 Å². The van der Waals surface area contributed by atoms with Gasteiger partial charge >= 0.3 is 0 Å². The first-order valence-corrected chi connectivity index (χ1v) is 9.21. The molecule has 1 amide bonds. The summed E-state index contributed by atoms with van der Waals surface area (Å²) in [6.07, 6.45) is 4.18. The fourth-order valence-electron chi connectivity index (χ4n) is 2.18. The van der Waals surface area contributed by atoms with Gasteiger partial charge in [-0.15, -0.1) is 0 Å². The van der Waals surface area contributed by atoms with Crippen molar-refractivity contribution in [1.82, 2.24) is 5.32 Å². The molecule has 0 aliphatic heterocycles. The summed E-state index contributed by atoms with van der Waals surface area (Å²) >= 11 is 0. The highest BCUT2D eigenvalue weighted by Crippen LogP contribution is 2.16. The highest BCUT2D eigenvalue weighted by molar-refractivity contribution is 7.90. The number of rotatable bonds is 7. The van der Waals surface area contributed by atoms with Crippen molar-refractivity contribution < 1.29 is 13.2 Å². The molecule has 1 rings (SSSR count). The van der Waals surface area contributed by atoms with E-state index in [1.54, 1.807) is 18.2 Å². The topological polar surface area (TPSA) is 63.2 Å². The molecule has 1 unspecified atom stereocenters. The normalized spacial score (nSPS) is 13.2. The fraction of sp³-hybridized carbons (Fsp3) is 0.562. The minimum Gasteiger partial charge on any atom is -0.350 e. The van der Waals surface area contributed by atoms with Crippen LogP contribution in [0.15, 0.2) is 29.2 Å². The van der Waals surface area contributed by atoms with Crippen LogP contribution in [0.25, 0.3) is 0 Å². The maximum absolute atomic E-state index is 12.2. The van der Waals surface area contributed by atoms with Gasteiger partial charge in [0.2, 0.25) is 0 Å². The second-order valence-corrected chi connectivity index (χ2v) is 7.95. The van der Waals surface area contributed by atoms with E-state index < -0.39 is 9.84 Å². The molecule has 0 saturated heterocycles. The van der Waals surface area contributed by atoms with E-state index in [1.165, 1.54) is 6.07 Å². The van der Waals surface area contributed by atoms with Gasteiger partial charge in [-0.05, 0) is 31.4 Å². The Morgan fingerprint density at radius 1 is 1.14 bits per heavy atom. The van der Waals surface area contributed by atoms with Crippen molar-refractivity contribution in [3.63, 3.8) is 0 Å². The molecule has 1 aromatic carbocycles. The largest absolute Gasteiger partial charge is 0.350 e. The first kappa shape index (κ1) is 17.7. The second kappa shape index (κ2) is 7.59. The molecular formula is C16H25NO3S. The van der Waals surface area contributed by atoms with Crippen LogP contribution in [0.1, 0.15) is 50.4 Å². The smallest absolute Gasteiger partial charge is 0.252 e. The molecule has 5 heteroatoms. The van der Waals surface area contributed by atoms with Gasteiger partial charge in [0.05, 0.1) is 10.5 Å². The van der Waals surface area contributed by atoms with Crippen LogP contribution in [0, 0.1) is 5.92 Å². The quantitative estimate of drug-likeness (QED) is 0.842. The Labute approximate surface area is 127 Å². The van der Waals surface area contributed by atoms with Crippen LogP contribution >= 0.6 is 0 Å². The van der Waals surface area contributed by atoms with Gasteiger partial charge < -0.3 is 5.32 Å². The van der Waals surface area contributed by atoms with Gasteiger partial charge in [-0.1, -0.05) is 38.8 Å².